The number of ether oxygens (including phenoxy) is 1. The third-order valence-corrected chi connectivity index (χ3v) is 4.01. The van der Waals surface area contributed by atoms with Gasteiger partial charge in [-0.2, -0.15) is 0 Å². The van der Waals surface area contributed by atoms with Crippen molar-refractivity contribution in [3.05, 3.63) is 48.0 Å². The first-order chi connectivity index (χ1) is 12.2. The molecule has 0 radical (unpaired) electrons. The number of carbonyl (C=O) groups is 1. The quantitative estimate of drug-likeness (QED) is 0.715. The third kappa shape index (κ3) is 3.85. The Morgan fingerprint density at radius 1 is 1.15 bits per heavy atom. The van der Waals surface area contributed by atoms with Gasteiger partial charge in [0.2, 0.25) is 0 Å². The van der Waals surface area contributed by atoms with E-state index >= 15 is 0 Å². The lowest BCUT2D eigenvalue weighted by Crippen LogP contribution is -2.26. The van der Waals surface area contributed by atoms with Gasteiger partial charge >= 0.3 is 5.97 Å². The topological polar surface area (TPSA) is 69.0 Å². The SMILES string of the molecule is Cc1ccnc(C)c1Nc1nccc2c1ccn2CC(=O)OC(C)(C)C. The minimum absolute atomic E-state index is 0.162. The standard InChI is InChI=1S/C20H24N4O2/c1-13-6-9-21-14(2)18(13)23-19-15-8-11-24(16(15)7-10-22-19)12-17(25)26-20(3,4)5/h6-11H,12H2,1-5H3,(H,22,23). The molecule has 0 saturated carbocycles. The van der Waals surface area contributed by atoms with Gasteiger partial charge in [-0.25, -0.2) is 4.98 Å². The molecule has 6 nitrogen and oxygen atoms in total. The van der Waals surface area contributed by atoms with Crippen LogP contribution in [0.2, 0.25) is 0 Å². The lowest BCUT2D eigenvalue weighted by Gasteiger charge is -2.19. The van der Waals surface area contributed by atoms with Crippen LogP contribution in [0.25, 0.3) is 10.9 Å². The number of anilines is 2. The highest BCUT2D eigenvalue weighted by molar-refractivity contribution is 5.92. The lowest BCUT2D eigenvalue weighted by molar-refractivity contribution is -0.155. The summed E-state index contributed by atoms with van der Waals surface area (Å²) in [4.78, 5) is 21.0. The summed E-state index contributed by atoms with van der Waals surface area (Å²) in [5.74, 6) is 0.477. The molecular formula is C20H24N4O2. The first-order valence-electron chi connectivity index (χ1n) is 8.59. The van der Waals surface area contributed by atoms with Gasteiger partial charge in [0.05, 0.1) is 16.9 Å². The first-order valence-corrected chi connectivity index (χ1v) is 8.59. The number of esters is 1. The molecule has 3 aromatic rings. The molecule has 1 N–H and O–H groups in total. The molecule has 0 fully saturated rings. The highest BCUT2D eigenvalue weighted by Crippen LogP contribution is 2.28. The fraction of sp³-hybridized carbons (Fsp3) is 0.350. The van der Waals surface area contributed by atoms with E-state index in [1.807, 2.05) is 63.6 Å². The number of rotatable bonds is 4. The maximum absolute atomic E-state index is 12.2. The summed E-state index contributed by atoms with van der Waals surface area (Å²) in [6, 6.07) is 5.81. The molecule has 6 heteroatoms. The van der Waals surface area contributed by atoms with Gasteiger partial charge in [0.25, 0.3) is 0 Å². The van der Waals surface area contributed by atoms with Crippen molar-refractivity contribution in [1.82, 2.24) is 14.5 Å². The van der Waals surface area contributed by atoms with Gasteiger partial charge in [-0.05, 0) is 58.4 Å². The molecule has 3 heterocycles. The number of aryl methyl sites for hydroxylation is 2. The summed E-state index contributed by atoms with van der Waals surface area (Å²) in [5, 5.41) is 4.33. The predicted octanol–water partition coefficient (Wildman–Crippen LogP) is 4.13. The lowest BCUT2D eigenvalue weighted by atomic mass is 10.2. The Bertz CT molecular complexity index is 934. The van der Waals surface area contributed by atoms with Gasteiger partial charge in [0.1, 0.15) is 18.0 Å². The second kappa shape index (κ2) is 6.78. The van der Waals surface area contributed by atoms with Crippen molar-refractivity contribution < 1.29 is 9.53 Å². The monoisotopic (exact) mass is 352 g/mol. The largest absolute Gasteiger partial charge is 0.459 e. The number of nitrogens with one attached hydrogen (secondary N) is 1. The zero-order valence-corrected chi connectivity index (χ0v) is 15.8. The Hall–Kier alpha value is -2.89. The van der Waals surface area contributed by atoms with Crippen LogP contribution in [0.1, 0.15) is 32.0 Å². The number of hydrogen-bond acceptors (Lipinski definition) is 5. The van der Waals surface area contributed by atoms with Crippen LogP contribution in [0.15, 0.2) is 36.8 Å². The van der Waals surface area contributed by atoms with Crippen LogP contribution in [0.3, 0.4) is 0 Å². The fourth-order valence-corrected chi connectivity index (χ4v) is 2.87. The Morgan fingerprint density at radius 2 is 1.88 bits per heavy atom. The van der Waals surface area contributed by atoms with E-state index in [0.29, 0.717) is 0 Å². The maximum atomic E-state index is 12.2. The summed E-state index contributed by atoms with van der Waals surface area (Å²) < 4.78 is 7.29. The Morgan fingerprint density at radius 3 is 2.58 bits per heavy atom. The number of carbonyl (C=O) groups excluding carboxylic acids is 1. The molecule has 0 aliphatic rings. The van der Waals surface area contributed by atoms with Crippen molar-refractivity contribution in [3.8, 4) is 0 Å². The van der Waals surface area contributed by atoms with Crippen LogP contribution >= 0.6 is 0 Å². The Balaban J connectivity index is 1.91. The molecule has 0 aliphatic heterocycles. The molecule has 0 aromatic carbocycles. The third-order valence-electron chi connectivity index (χ3n) is 4.01. The van der Waals surface area contributed by atoms with Gasteiger partial charge in [0, 0.05) is 24.0 Å². The van der Waals surface area contributed by atoms with E-state index in [-0.39, 0.29) is 12.5 Å². The molecule has 0 aliphatic carbocycles. The van der Waals surface area contributed by atoms with E-state index < -0.39 is 5.60 Å². The molecule has 0 atom stereocenters. The van der Waals surface area contributed by atoms with Gasteiger partial charge in [0.15, 0.2) is 0 Å². The molecular weight excluding hydrogens is 328 g/mol. The number of pyridine rings is 2. The van der Waals surface area contributed by atoms with Crippen LogP contribution in [0, 0.1) is 13.8 Å². The van der Waals surface area contributed by atoms with Crippen LogP contribution in [0.5, 0.6) is 0 Å². The zero-order chi connectivity index (χ0) is 18.9. The molecule has 0 bridgehead atoms. The van der Waals surface area contributed by atoms with E-state index in [1.54, 1.807) is 12.4 Å². The summed E-state index contributed by atoms with van der Waals surface area (Å²) in [7, 11) is 0. The van der Waals surface area contributed by atoms with Gasteiger partial charge in [-0.15, -0.1) is 0 Å². The average Bonchev–Trinajstić information content (AvgIpc) is 2.93. The van der Waals surface area contributed by atoms with Crippen molar-refractivity contribution >= 4 is 28.4 Å². The summed E-state index contributed by atoms with van der Waals surface area (Å²) in [6.45, 7) is 9.75. The van der Waals surface area contributed by atoms with E-state index in [0.717, 1.165) is 33.7 Å². The fourth-order valence-electron chi connectivity index (χ4n) is 2.87. The van der Waals surface area contributed by atoms with Crippen molar-refractivity contribution in [2.75, 3.05) is 5.32 Å². The van der Waals surface area contributed by atoms with Crippen molar-refractivity contribution in [2.24, 2.45) is 0 Å². The van der Waals surface area contributed by atoms with E-state index in [4.69, 9.17) is 4.74 Å². The second-order valence-corrected chi connectivity index (χ2v) is 7.34. The minimum Gasteiger partial charge on any atom is -0.459 e. The second-order valence-electron chi connectivity index (χ2n) is 7.34. The first kappa shape index (κ1) is 17.9. The summed E-state index contributed by atoms with van der Waals surface area (Å²) >= 11 is 0. The van der Waals surface area contributed by atoms with Gasteiger partial charge in [-0.3, -0.25) is 9.78 Å². The normalized spacial score (nSPS) is 11.6. The average molecular weight is 352 g/mol. The van der Waals surface area contributed by atoms with Gasteiger partial charge in [-0.1, -0.05) is 0 Å². The summed E-state index contributed by atoms with van der Waals surface area (Å²) in [6.07, 6.45) is 5.41. The van der Waals surface area contributed by atoms with Crippen LogP contribution in [-0.2, 0) is 16.1 Å². The number of hydrogen-bond donors (Lipinski definition) is 1. The molecule has 136 valence electrons. The molecule has 0 saturated heterocycles. The maximum Gasteiger partial charge on any atom is 0.326 e. The van der Waals surface area contributed by atoms with E-state index in [9.17, 15) is 4.79 Å². The molecule has 3 rings (SSSR count). The van der Waals surface area contributed by atoms with Gasteiger partial charge < -0.3 is 14.6 Å². The molecule has 0 spiro atoms. The van der Waals surface area contributed by atoms with Crippen molar-refractivity contribution in [3.63, 3.8) is 0 Å². The highest BCUT2D eigenvalue weighted by atomic mass is 16.6. The van der Waals surface area contributed by atoms with Crippen LogP contribution in [0.4, 0.5) is 11.5 Å². The summed E-state index contributed by atoms with van der Waals surface area (Å²) in [5.41, 5.74) is 3.39. The van der Waals surface area contributed by atoms with E-state index in [2.05, 4.69) is 15.3 Å². The van der Waals surface area contributed by atoms with Crippen LogP contribution in [-0.4, -0.2) is 26.1 Å². The van der Waals surface area contributed by atoms with Crippen molar-refractivity contribution in [1.29, 1.82) is 0 Å². The molecule has 0 unspecified atom stereocenters. The smallest absolute Gasteiger partial charge is 0.326 e. The molecule has 3 aromatic heterocycles. The molecule has 0 amide bonds. The highest BCUT2D eigenvalue weighted by Gasteiger charge is 2.18. The Labute approximate surface area is 153 Å². The van der Waals surface area contributed by atoms with Crippen LogP contribution < -0.4 is 5.32 Å². The predicted molar refractivity (Wildman–Crippen MR) is 103 cm³/mol. The Kier molecular flexibility index (Phi) is 4.68. The number of fused-ring (bicyclic) bond motifs is 1. The number of nitrogens with zero attached hydrogens (tertiary/aromatic N) is 3. The van der Waals surface area contributed by atoms with Crippen molar-refractivity contribution in [2.45, 2.75) is 46.8 Å². The van der Waals surface area contributed by atoms with E-state index in [1.165, 1.54) is 0 Å². The number of aromatic nitrogens is 3. The zero-order valence-electron chi connectivity index (χ0n) is 15.8. The molecule has 26 heavy (non-hydrogen) atoms. The minimum atomic E-state index is -0.496.